The summed E-state index contributed by atoms with van der Waals surface area (Å²) in [6, 6.07) is 8.25. The van der Waals surface area contributed by atoms with Crippen molar-refractivity contribution in [2.45, 2.75) is 11.8 Å². The number of benzene rings is 1. The molecule has 0 unspecified atom stereocenters. The molecule has 0 bridgehead atoms. The second-order valence-corrected chi connectivity index (χ2v) is 6.20. The number of nitrogens with two attached hydrogens (primary N) is 1. The molecule has 5 nitrogen and oxygen atoms in total. The summed E-state index contributed by atoms with van der Waals surface area (Å²) in [5, 5.41) is 9.07. The fraction of sp³-hybridized carbons (Fsp3) is 0.154. The maximum Gasteiger partial charge on any atom is 0.209 e. The van der Waals surface area contributed by atoms with Crippen LogP contribution in [-0.2, 0) is 9.84 Å². The Balaban J connectivity index is 2.59. The molecule has 0 aliphatic rings. The Kier molecular flexibility index (Phi) is 3.08. The Morgan fingerprint density at radius 2 is 1.84 bits per heavy atom. The van der Waals surface area contributed by atoms with E-state index in [0.717, 1.165) is 6.26 Å². The molecule has 2 aromatic rings. The monoisotopic (exact) mass is 276 g/mol. The molecular weight excluding hydrogens is 264 g/mol. The average Bonchev–Trinajstić information content (AvgIpc) is 2.62. The Morgan fingerprint density at radius 3 is 2.32 bits per heavy atom. The molecule has 2 N–H and O–H groups in total. The van der Waals surface area contributed by atoms with Gasteiger partial charge in [-0.05, 0) is 24.6 Å². The van der Waals surface area contributed by atoms with Crippen LogP contribution in [0.1, 0.15) is 11.3 Å². The standard InChI is InChI=1S/C13H12N2O3S/c1-8-12(11(7-14)13(15)18-8)9-3-5-10(6-4-9)19(2,16)17/h3-6H,15H2,1-2H3. The molecule has 0 aliphatic carbocycles. The second-order valence-electron chi connectivity index (χ2n) is 4.18. The average molecular weight is 276 g/mol. The minimum atomic E-state index is -3.24. The summed E-state index contributed by atoms with van der Waals surface area (Å²) in [5.74, 6) is 0.600. The summed E-state index contributed by atoms with van der Waals surface area (Å²) in [5.41, 5.74) is 7.17. The van der Waals surface area contributed by atoms with Gasteiger partial charge >= 0.3 is 0 Å². The molecule has 2 rings (SSSR count). The third-order valence-corrected chi connectivity index (χ3v) is 3.92. The fourth-order valence-corrected chi connectivity index (χ4v) is 2.52. The van der Waals surface area contributed by atoms with Crippen LogP contribution in [-0.4, -0.2) is 14.7 Å². The quantitative estimate of drug-likeness (QED) is 0.906. The van der Waals surface area contributed by atoms with E-state index in [9.17, 15) is 8.42 Å². The van der Waals surface area contributed by atoms with Gasteiger partial charge in [-0.2, -0.15) is 5.26 Å². The van der Waals surface area contributed by atoms with Crippen LogP contribution in [0.15, 0.2) is 33.6 Å². The minimum absolute atomic E-state index is 0.0715. The molecule has 0 saturated carbocycles. The van der Waals surface area contributed by atoms with Crippen molar-refractivity contribution >= 4 is 15.7 Å². The molecule has 0 aliphatic heterocycles. The number of hydrogen-bond donors (Lipinski definition) is 1. The van der Waals surface area contributed by atoms with Crippen molar-refractivity contribution in [1.29, 1.82) is 5.26 Å². The van der Waals surface area contributed by atoms with Crippen LogP contribution in [0, 0.1) is 18.3 Å². The number of anilines is 1. The molecule has 0 spiro atoms. The number of rotatable bonds is 2. The lowest BCUT2D eigenvalue weighted by atomic mass is 10.0. The van der Waals surface area contributed by atoms with Crippen molar-refractivity contribution in [3.8, 4) is 17.2 Å². The third-order valence-electron chi connectivity index (χ3n) is 2.79. The molecule has 0 saturated heterocycles. The smallest absolute Gasteiger partial charge is 0.209 e. The van der Waals surface area contributed by atoms with Gasteiger partial charge in [0, 0.05) is 11.8 Å². The molecule has 6 heteroatoms. The molecule has 0 radical (unpaired) electrons. The summed E-state index contributed by atoms with van der Waals surface area (Å²) in [6.45, 7) is 1.71. The maximum atomic E-state index is 11.4. The van der Waals surface area contributed by atoms with Crippen molar-refractivity contribution in [3.63, 3.8) is 0 Å². The molecular formula is C13H12N2O3S. The number of hydrogen-bond acceptors (Lipinski definition) is 5. The zero-order chi connectivity index (χ0) is 14.2. The van der Waals surface area contributed by atoms with Crippen molar-refractivity contribution in [1.82, 2.24) is 0 Å². The molecule has 19 heavy (non-hydrogen) atoms. The topological polar surface area (TPSA) is 97.1 Å². The first-order chi connectivity index (χ1) is 8.84. The third kappa shape index (κ3) is 2.33. The van der Waals surface area contributed by atoms with E-state index in [4.69, 9.17) is 15.4 Å². The van der Waals surface area contributed by atoms with Crippen molar-refractivity contribution < 1.29 is 12.8 Å². The van der Waals surface area contributed by atoms with Crippen LogP contribution in [0.5, 0.6) is 0 Å². The van der Waals surface area contributed by atoms with E-state index in [1.54, 1.807) is 19.1 Å². The summed E-state index contributed by atoms with van der Waals surface area (Å²) in [7, 11) is -3.24. The van der Waals surface area contributed by atoms with Gasteiger partial charge < -0.3 is 10.2 Å². The highest BCUT2D eigenvalue weighted by Crippen LogP contribution is 2.33. The van der Waals surface area contributed by atoms with Crippen LogP contribution >= 0.6 is 0 Å². The Morgan fingerprint density at radius 1 is 1.26 bits per heavy atom. The van der Waals surface area contributed by atoms with Crippen LogP contribution < -0.4 is 5.73 Å². The van der Waals surface area contributed by atoms with Gasteiger partial charge in [-0.15, -0.1) is 0 Å². The number of furan rings is 1. The molecule has 0 atom stereocenters. The minimum Gasteiger partial charge on any atom is -0.444 e. The number of sulfone groups is 1. The van der Waals surface area contributed by atoms with Gasteiger partial charge in [0.05, 0.1) is 4.90 Å². The largest absolute Gasteiger partial charge is 0.444 e. The van der Waals surface area contributed by atoms with Crippen LogP contribution in [0.4, 0.5) is 5.88 Å². The van der Waals surface area contributed by atoms with Crippen molar-refractivity contribution in [2.24, 2.45) is 0 Å². The van der Waals surface area contributed by atoms with Crippen LogP contribution in [0.25, 0.3) is 11.1 Å². The first-order valence-electron chi connectivity index (χ1n) is 5.44. The van der Waals surface area contributed by atoms with E-state index >= 15 is 0 Å². The Bertz CT molecular complexity index is 765. The van der Waals surface area contributed by atoms with Crippen LogP contribution in [0.3, 0.4) is 0 Å². The number of nitriles is 1. The van der Waals surface area contributed by atoms with Gasteiger partial charge in [-0.3, -0.25) is 0 Å². The highest BCUT2D eigenvalue weighted by molar-refractivity contribution is 7.90. The zero-order valence-corrected chi connectivity index (χ0v) is 11.3. The zero-order valence-electron chi connectivity index (χ0n) is 10.5. The lowest BCUT2D eigenvalue weighted by Gasteiger charge is -2.02. The van der Waals surface area contributed by atoms with E-state index in [1.165, 1.54) is 12.1 Å². The van der Waals surface area contributed by atoms with Crippen molar-refractivity contribution in [2.75, 3.05) is 12.0 Å². The van der Waals surface area contributed by atoms with Crippen LogP contribution in [0.2, 0.25) is 0 Å². The van der Waals surface area contributed by atoms with E-state index in [-0.39, 0.29) is 16.3 Å². The van der Waals surface area contributed by atoms with Gasteiger partial charge in [0.25, 0.3) is 0 Å². The normalized spacial score (nSPS) is 11.2. The second kappa shape index (κ2) is 4.44. The maximum absolute atomic E-state index is 11.4. The van der Waals surface area contributed by atoms with E-state index < -0.39 is 9.84 Å². The lowest BCUT2D eigenvalue weighted by Crippen LogP contribution is -1.96. The summed E-state index contributed by atoms with van der Waals surface area (Å²) < 4.78 is 28.0. The first kappa shape index (κ1) is 13.2. The van der Waals surface area contributed by atoms with Gasteiger partial charge in [0.2, 0.25) is 5.88 Å². The summed E-state index contributed by atoms with van der Waals surface area (Å²) in [6.07, 6.45) is 1.14. The Hall–Kier alpha value is -2.26. The predicted molar refractivity (Wildman–Crippen MR) is 71.1 cm³/mol. The fourth-order valence-electron chi connectivity index (χ4n) is 1.89. The molecule has 1 heterocycles. The van der Waals surface area contributed by atoms with E-state index in [2.05, 4.69) is 0 Å². The molecule has 98 valence electrons. The lowest BCUT2D eigenvalue weighted by molar-refractivity contribution is 0.554. The van der Waals surface area contributed by atoms with Gasteiger partial charge in [0.15, 0.2) is 9.84 Å². The van der Waals surface area contributed by atoms with Crippen molar-refractivity contribution in [3.05, 3.63) is 35.6 Å². The SMILES string of the molecule is Cc1oc(N)c(C#N)c1-c1ccc(S(C)(=O)=O)cc1. The molecule has 1 aromatic carbocycles. The first-order valence-corrected chi connectivity index (χ1v) is 7.33. The number of aryl methyl sites for hydroxylation is 1. The Labute approximate surface area is 111 Å². The van der Waals surface area contributed by atoms with Gasteiger partial charge in [-0.1, -0.05) is 12.1 Å². The highest BCUT2D eigenvalue weighted by Gasteiger charge is 2.17. The van der Waals surface area contributed by atoms with Gasteiger partial charge in [0.1, 0.15) is 17.4 Å². The van der Waals surface area contributed by atoms with E-state index in [0.29, 0.717) is 16.9 Å². The number of nitrogens with zero attached hydrogens (tertiary/aromatic N) is 1. The predicted octanol–water partition coefficient (Wildman–Crippen LogP) is 2.11. The molecule has 0 fully saturated rings. The summed E-state index contributed by atoms with van der Waals surface area (Å²) in [4.78, 5) is 0.226. The van der Waals surface area contributed by atoms with Gasteiger partial charge in [-0.25, -0.2) is 8.42 Å². The molecule has 0 amide bonds. The summed E-state index contributed by atoms with van der Waals surface area (Å²) >= 11 is 0. The highest BCUT2D eigenvalue weighted by atomic mass is 32.2. The molecule has 1 aromatic heterocycles. The number of nitrogen functional groups attached to an aromatic ring is 1. The van der Waals surface area contributed by atoms with E-state index in [1.807, 2.05) is 6.07 Å².